The van der Waals surface area contributed by atoms with E-state index in [1.807, 2.05) is 26.8 Å². The van der Waals surface area contributed by atoms with Gasteiger partial charge in [-0.15, -0.1) is 12.4 Å². The molecular weight excluding hydrogens is 386 g/mol. The van der Waals surface area contributed by atoms with Gasteiger partial charge in [-0.05, 0) is 62.2 Å². The molecule has 0 aliphatic carbocycles. The van der Waals surface area contributed by atoms with Crippen LogP contribution in [0.1, 0.15) is 28.4 Å². The maximum atomic E-state index is 12.6. The number of benzene rings is 2. The minimum absolute atomic E-state index is 0. The molecule has 1 atom stereocenters. The van der Waals surface area contributed by atoms with Crippen LogP contribution in [0.25, 0.3) is 0 Å². The maximum absolute atomic E-state index is 12.6. The summed E-state index contributed by atoms with van der Waals surface area (Å²) in [6.45, 7) is 6.00. The topological polar surface area (TPSA) is 92.5 Å². The zero-order valence-electron chi connectivity index (χ0n) is 15.9. The van der Waals surface area contributed by atoms with Gasteiger partial charge in [0.2, 0.25) is 0 Å². The number of halogens is 1. The van der Waals surface area contributed by atoms with Gasteiger partial charge in [0.25, 0.3) is 15.9 Å². The van der Waals surface area contributed by atoms with Crippen molar-refractivity contribution in [1.82, 2.24) is 4.90 Å². The van der Waals surface area contributed by atoms with Gasteiger partial charge in [0.1, 0.15) is 0 Å². The number of hydrogen-bond acceptors (Lipinski definition) is 4. The third-order valence-corrected chi connectivity index (χ3v) is 5.96. The van der Waals surface area contributed by atoms with Gasteiger partial charge >= 0.3 is 0 Å². The van der Waals surface area contributed by atoms with E-state index in [-0.39, 0.29) is 29.3 Å². The van der Waals surface area contributed by atoms with E-state index in [9.17, 15) is 13.2 Å². The second-order valence-corrected chi connectivity index (χ2v) is 8.06. The van der Waals surface area contributed by atoms with Gasteiger partial charge in [-0.25, -0.2) is 8.42 Å². The molecule has 2 aromatic carbocycles. The molecular formula is C19H26ClN3O3S. The predicted molar refractivity (Wildman–Crippen MR) is 111 cm³/mol. The average Bonchev–Trinajstić information content (AvgIpc) is 2.63. The summed E-state index contributed by atoms with van der Waals surface area (Å²) in [5, 5.41) is 0. The Morgan fingerprint density at radius 3 is 2.30 bits per heavy atom. The molecule has 0 heterocycles. The smallest absolute Gasteiger partial charge is 0.261 e. The van der Waals surface area contributed by atoms with Crippen molar-refractivity contribution in [2.75, 3.05) is 18.3 Å². The molecule has 148 valence electrons. The molecule has 6 nitrogen and oxygen atoms in total. The number of carbonyl (C=O) groups is 1. The fourth-order valence-electron chi connectivity index (χ4n) is 2.40. The Balaban J connectivity index is 0.00000364. The molecule has 2 aromatic rings. The average molecular weight is 412 g/mol. The van der Waals surface area contributed by atoms with Crippen molar-refractivity contribution >= 4 is 34.0 Å². The number of nitrogens with two attached hydrogens (primary N) is 1. The maximum Gasteiger partial charge on any atom is 0.261 e. The summed E-state index contributed by atoms with van der Waals surface area (Å²) in [4.78, 5) is 14.0. The highest BCUT2D eigenvalue weighted by Crippen LogP contribution is 2.22. The van der Waals surface area contributed by atoms with E-state index in [4.69, 9.17) is 5.73 Å². The van der Waals surface area contributed by atoms with E-state index in [2.05, 4.69) is 4.72 Å². The summed E-state index contributed by atoms with van der Waals surface area (Å²) in [6.07, 6.45) is 0. The minimum Gasteiger partial charge on any atom is -0.338 e. The second kappa shape index (κ2) is 9.21. The summed E-state index contributed by atoms with van der Waals surface area (Å²) in [6, 6.07) is 11.2. The Morgan fingerprint density at radius 2 is 1.74 bits per heavy atom. The Bertz CT molecular complexity index is 899. The molecule has 0 spiro atoms. The largest absolute Gasteiger partial charge is 0.338 e. The molecule has 1 amide bonds. The predicted octanol–water partition coefficient (Wildman–Crippen LogP) is 2.95. The molecule has 0 bridgehead atoms. The van der Waals surface area contributed by atoms with Crippen molar-refractivity contribution in [2.45, 2.75) is 31.7 Å². The number of carbonyl (C=O) groups excluding carboxylic acids is 1. The third-order valence-electron chi connectivity index (χ3n) is 4.58. The Hall–Kier alpha value is -2.09. The second-order valence-electron chi connectivity index (χ2n) is 6.38. The van der Waals surface area contributed by atoms with E-state index < -0.39 is 10.0 Å². The SMILES string of the molecule is Cc1cccc(NS(=O)(=O)c2ccc(C(=O)N(C)C(C)CN)cc2)c1C.Cl. The fourth-order valence-corrected chi connectivity index (χ4v) is 3.53. The molecule has 8 heteroatoms. The molecule has 3 N–H and O–H groups in total. The highest BCUT2D eigenvalue weighted by atomic mass is 35.5. The molecule has 0 saturated heterocycles. The first kappa shape index (κ1) is 23.0. The van der Waals surface area contributed by atoms with Crippen molar-refractivity contribution in [3.05, 3.63) is 59.2 Å². The summed E-state index contributed by atoms with van der Waals surface area (Å²) in [5.41, 5.74) is 8.42. The van der Waals surface area contributed by atoms with Gasteiger partial charge < -0.3 is 10.6 Å². The highest BCUT2D eigenvalue weighted by Gasteiger charge is 2.19. The molecule has 0 aliphatic heterocycles. The van der Waals surface area contributed by atoms with Crippen LogP contribution < -0.4 is 10.5 Å². The number of nitrogens with zero attached hydrogens (tertiary/aromatic N) is 1. The number of aryl methyl sites for hydroxylation is 1. The van der Waals surface area contributed by atoms with E-state index in [1.165, 1.54) is 29.2 Å². The number of amides is 1. The zero-order chi connectivity index (χ0) is 19.5. The van der Waals surface area contributed by atoms with Gasteiger partial charge in [-0.3, -0.25) is 9.52 Å². The number of anilines is 1. The molecule has 1 unspecified atom stereocenters. The van der Waals surface area contributed by atoms with Gasteiger partial charge in [0, 0.05) is 25.2 Å². The van der Waals surface area contributed by atoms with Crippen molar-refractivity contribution in [2.24, 2.45) is 5.73 Å². The van der Waals surface area contributed by atoms with Gasteiger partial charge in [0.05, 0.1) is 10.6 Å². The van der Waals surface area contributed by atoms with Crippen LogP contribution in [0.4, 0.5) is 5.69 Å². The summed E-state index contributed by atoms with van der Waals surface area (Å²) >= 11 is 0. The van der Waals surface area contributed by atoms with Gasteiger partial charge in [-0.2, -0.15) is 0 Å². The molecule has 2 rings (SSSR count). The van der Waals surface area contributed by atoms with Gasteiger partial charge in [-0.1, -0.05) is 12.1 Å². The first-order valence-corrected chi connectivity index (χ1v) is 9.82. The lowest BCUT2D eigenvalue weighted by atomic mass is 10.1. The molecule has 0 aromatic heterocycles. The number of likely N-dealkylation sites (N-methyl/N-ethyl adjacent to an activating group) is 1. The van der Waals surface area contributed by atoms with E-state index >= 15 is 0 Å². The number of nitrogens with one attached hydrogen (secondary N) is 1. The number of sulfonamides is 1. The molecule has 0 saturated carbocycles. The number of hydrogen-bond donors (Lipinski definition) is 2. The third kappa shape index (κ3) is 5.22. The van der Waals surface area contributed by atoms with E-state index in [0.717, 1.165) is 11.1 Å². The Morgan fingerprint density at radius 1 is 1.15 bits per heavy atom. The first-order valence-electron chi connectivity index (χ1n) is 8.33. The van der Waals surface area contributed by atoms with Crippen LogP contribution in [-0.4, -0.2) is 38.9 Å². The van der Waals surface area contributed by atoms with Crippen LogP contribution in [-0.2, 0) is 10.0 Å². The van der Waals surface area contributed by atoms with Crippen molar-refractivity contribution in [3.8, 4) is 0 Å². The van der Waals surface area contributed by atoms with Crippen molar-refractivity contribution in [1.29, 1.82) is 0 Å². The minimum atomic E-state index is -3.73. The Kier molecular flexibility index (Phi) is 7.83. The quantitative estimate of drug-likeness (QED) is 0.764. The summed E-state index contributed by atoms with van der Waals surface area (Å²) in [7, 11) is -2.06. The fraction of sp³-hybridized carbons (Fsp3) is 0.316. The monoisotopic (exact) mass is 411 g/mol. The summed E-state index contributed by atoms with van der Waals surface area (Å²) in [5.74, 6) is -0.200. The number of rotatable bonds is 6. The van der Waals surface area contributed by atoms with Crippen LogP contribution in [0.2, 0.25) is 0 Å². The van der Waals surface area contributed by atoms with Crippen molar-refractivity contribution < 1.29 is 13.2 Å². The van der Waals surface area contributed by atoms with E-state index in [1.54, 1.807) is 19.2 Å². The normalized spacial score (nSPS) is 12.0. The lowest BCUT2D eigenvalue weighted by molar-refractivity contribution is 0.0748. The lowest BCUT2D eigenvalue weighted by Gasteiger charge is -2.23. The van der Waals surface area contributed by atoms with Crippen LogP contribution in [0.15, 0.2) is 47.4 Å². The van der Waals surface area contributed by atoms with Crippen LogP contribution in [0.3, 0.4) is 0 Å². The van der Waals surface area contributed by atoms with Crippen LogP contribution in [0.5, 0.6) is 0 Å². The zero-order valence-corrected chi connectivity index (χ0v) is 17.5. The highest BCUT2D eigenvalue weighted by molar-refractivity contribution is 7.92. The molecule has 0 aliphatic rings. The van der Waals surface area contributed by atoms with Crippen molar-refractivity contribution in [3.63, 3.8) is 0 Å². The molecule has 0 radical (unpaired) electrons. The standard InChI is InChI=1S/C19H25N3O3S.ClH/c1-13-6-5-7-18(15(13)3)21-26(24,25)17-10-8-16(9-11-17)19(23)22(4)14(2)12-20;/h5-11,14,21H,12,20H2,1-4H3;1H. The molecule has 27 heavy (non-hydrogen) atoms. The van der Waals surface area contributed by atoms with Gasteiger partial charge in [0.15, 0.2) is 0 Å². The molecule has 0 fully saturated rings. The first-order chi connectivity index (χ1) is 12.2. The van der Waals surface area contributed by atoms with E-state index in [0.29, 0.717) is 17.8 Å². The van der Waals surface area contributed by atoms with Crippen LogP contribution >= 0.6 is 12.4 Å². The lowest BCUT2D eigenvalue weighted by Crippen LogP contribution is -2.39. The Labute approximate surface area is 167 Å². The summed E-state index contributed by atoms with van der Waals surface area (Å²) < 4.78 is 27.8. The van der Waals surface area contributed by atoms with Crippen LogP contribution in [0, 0.1) is 13.8 Å².